The standard InChI is InChI=1S/C14H19N3/c1-11-5-3-4-6-12(11)13(7-8-15)14-16-9-10-17(14)2/h3-6,9-10,13H,7-8,15H2,1-2H3. The van der Waals surface area contributed by atoms with Gasteiger partial charge < -0.3 is 10.3 Å². The quantitative estimate of drug-likeness (QED) is 0.873. The predicted octanol–water partition coefficient (Wildman–Crippen LogP) is 2.21. The lowest BCUT2D eigenvalue weighted by Gasteiger charge is -2.18. The number of nitrogens with zero attached hydrogens (tertiary/aromatic N) is 2. The fourth-order valence-corrected chi connectivity index (χ4v) is 2.28. The third-order valence-corrected chi connectivity index (χ3v) is 3.19. The molecule has 0 saturated heterocycles. The van der Waals surface area contributed by atoms with E-state index in [2.05, 4.69) is 40.7 Å². The number of benzene rings is 1. The molecule has 0 aliphatic rings. The molecule has 0 spiro atoms. The number of rotatable bonds is 4. The van der Waals surface area contributed by atoms with Gasteiger partial charge in [0.1, 0.15) is 5.82 Å². The van der Waals surface area contributed by atoms with E-state index in [4.69, 9.17) is 5.73 Å². The highest BCUT2D eigenvalue weighted by Crippen LogP contribution is 2.28. The van der Waals surface area contributed by atoms with Crippen LogP contribution in [0.5, 0.6) is 0 Å². The molecule has 0 saturated carbocycles. The van der Waals surface area contributed by atoms with Gasteiger partial charge in [-0.25, -0.2) is 4.98 Å². The van der Waals surface area contributed by atoms with Crippen molar-refractivity contribution < 1.29 is 0 Å². The van der Waals surface area contributed by atoms with Crippen molar-refractivity contribution >= 4 is 0 Å². The van der Waals surface area contributed by atoms with Crippen LogP contribution in [0.15, 0.2) is 36.7 Å². The largest absolute Gasteiger partial charge is 0.337 e. The minimum absolute atomic E-state index is 0.293. The van der Waals surface area contributed by atoms with Gasteiger partial charge >= 0.3 is 0 Å². The highest BCUT2D eigenvalue weighted by Gasteiger charge is 2.18. The van der Waals surface area contributed by atoms with Crippen molar-refractivity contribution in [2.75, 3.05) is 6.54 Å². The predicted molar refractivity (Wildman–Crippen MR) is 69.9 cm³/mol. The Balaban J connectivity index is 2.43. The van der Waals surface area contributed by atoms with E-state index >= 15 is 0 Å². The van der Waals surface area contributed by atoms with E-state index < -0.39 is 0 Å². The summed E-state index contributed by atoms with van der Waals surface area (Å²) in [5.41, 5.74) is 8.36. The average molecular weight is 229 g/mol. The van der Waals surface area contributed by atoms with E-state index in [1.54, 1.807) is 0 Å². The van der Waals surface area contributed by atoms with Crippen LogP contribution in [0.25, 0.3) is 0 Å². The zero-order valence-electron chi connectivity index (χ0n) is 10.4. The second kappa shape index (κ2) is 5.15. The lowest BCUT2D eigenvalue weighted by Crippen LogP contribution is -2.13. The van der Waals surface area contributed by atoms with Crippen LogP contribution < -0.4 is 5.73 Å². The van der Waals surface area contributed by atoms with Crippen molar-refractivity contribution in [3.05, 3.63) is 53.6 Å². The molecule has 1 heterocycles. The van der Waals surface area contributed by atoms with Gasteiger partial charge in [-0.05, 0) is 31.0 Å². The van der Waals surface area contributed by atoms with Crippen LogP contribution in [0.1, 0.15) is 29.3 Å². The van der Waals surface area contributed by atoms with Crippen LogP contribution in [0.2, 0.25) is 0 Å². The van der Waals surface area contributed by atoms with E-state index in [0.29, 0.717) is 12.5 Å². The SMILES string of the molecule is Cc1ccccc1C(CCN)c1nccn1C. The number of aromatic nitrogens is 2. The van der Waals surface area contributed by atoms with Gasteiger partial charge in [-0.3, -0.25) is 0 Å². The van der Waals surface area contributed by atoms with E-state index in [-0.39, 0.29) is 0 Å². The fourth-order valence-electron chi connectivity index (χ4n) is 2.28. The van der Waals surface area contributed by atoms with Gasteiger partial charge in [0, 0.05) is 25.4 Å². The molecule has 3 heteroatoms. The summed E-state index contributed by atoms with van der Waals surface area (Å²) in [5.74, 6) is 1.38. The Morgan fingerprint density at radius 3 is 2.71 bits per heavy atom. The maximum Gasteiger partial charge on any atom is 0.115 e. The van der Waals surface area contributed by atoms with Crippen LogP contribution in [0.3, 0.4) is 0 Å². The molecule has 0 radical (unpaired) electrons. The van der Waals surface area contributed by atoms with Crippen molar-refractivity contribution in [3.63, 3.8) is 0 Å². The third kappa shape index (κ3) is 2.39. The molecular formula is C14H19N3. The van der Waals surface area contributed by atoms with Gasteiger partial charge in [-0.1, -0.05) is 24.3 Å². The summed E-state index contributed by atoms with van der Waals surface area (Å²) in [7, 11) is 2.03. The van der Waals surface area contributed by atoms with Gasteiger partial charge in [0.2, 0.25) is 0 Å². The molecule has 0 aliphatic carbocycles. The summed E-state index contributed by atoms with van der Waals surface area (Å²) < 4.78 is 2.08. The minimum Gasteiger partial charge on any atom is -0.337 e. The van der Waals surface area contributed by atoms with Crippen molar-refractivity contribution in [2.45, 2.75) is 19.3 Å². The molecule has 0 aliphatic heterocycles. The molecule has 1 atom stereocenters. The number of hydrogen-bond donors (Lipinski definition) is 1. The second-order valence-electron chi connectivity index (χ2n) is 4.38. The average Bonchev–Trinajstić information content (AvgIpc) is 2.74. The van der Waals surface area contributed by atoms with Crippen molar-refractivity contribution in [2.24, 2.45) is 12.8 Å². The molecule has 2 N–H and O–H groups in total. The van der Waals surface area contributed by atoms with Gasteiger partial charge in [0.05, 0.1) is 0 Å². The maximum absolute atomic E-state index is 5.74. The fraction of sp³-hybridized carbons (Fsp3) is 0.357. The lowest BCUT2D eigenvalue weighted by molar-refractivity contribution is 0.645. The molecule has 2 rings (SSSR count). The molecular weight excluding hydrogens is 210 g/mol. The molecule has 90 valence electrons. The van der Waals surface area contributed by atoms with E-state index in [1.807, 2.05) is 19.4 Å². The highest BCUT2D eigenvalue weighted by molar-refractivity contribution is 5.33. The van der Waals surface area contributed by atoms with Crippen molar-refractivity contribution in [3.8, 4) is 0 Å². The summed E-state index contributed by atoms with van der Waals surface area (Å²) in [6.45, 7) is 2.81. The van der Waals surface area contributed by atoms with E-state index in [9.17, 15) is 0 Å². The minimum atomic E-state index is 0.293. The molecule has 0 amide bonds. The Kier molecular flexibility index (Phi) is 3.59. The van der Waals surface area contributed by atoms with Crippen LogP contribution in [-0.2, 0) is 7.05 Å². The first-order chi connectivity index (χ1) is 8.24. The zero-order chi connectivity index (χ0) is 12.3. The Hall–Kier alpha value is -1.61. The Morgan fingerprint density at radius 1 is 1.35 bits per heavy atom. The van der Waals surface area contributed by atoms with Gasteiger partial charge in [-0.2, -0.15) is 0 Å². The monoisotopic (exact) mass is 229 g/mol. The van der Waals surface area contributed by atoms with Crippen molar-refractivity contribution in [1.29, 1.82) is 0 Å². The first-order valence-electron chi connectivity index (χ1n) is 5.97. The number of aryl methyl sites for hydroxylation is 2. The topological polar surface area (TPSA) is 43.8 Å². The summed E-state index contributed by atoms with van der Waals surface area (Å²) in [6, 6.07) is 8.46. The molecule has 1 aromatic heterocycles. The molecule has 0 fully saturated rings. The number of nitrogens with two attached hydrogens (primary N) is 1. The van der Waals surface area contributed by atoms with E-state index in [0.717, 1.165) is 12.2 Å². The molecule has 17 heavy (non-hydrogen) atoms. The Bertz CT molecular complexity index is 488. The second-order valence-corrected chi connectivity index (χ2v) is 4.38. The molecule has 1 aromatic carbocycles. The van der Waals surface area contributed by atoms with Gasteiger partial charge in [0.15, 0.2) is 0 Å². The summed E-state index contributed by atoms with van der Waals surface area (Å²) in [4.78, 5) is 4.46. The van der Waals surface area contributed by atoms with Crippen LogP contribution in [0, 0.1) is 6.92 Å². The van der Waals surface area contributed by atoms with Gasteiger partial charge in [-0.15, -0.1) is 0 Å². The Morgan fingerprint density at radius 2 is 2.12 bits per heavy atom. The summed E-state index contributed by atoms with van der Waals surface area (Å²) in [5, 5.41) is 0. The molecule has 0 bridgehead atoms. The smallest absolute Gasteiger partial charge is 0.115 e. The maximum atomic E-state index is 5.74. The summed E-state index contributed by atoms with van der Waals surface area (Å²) >= 11 is 0. The van der Waals surface area contributed by atoms with Crippen molar-refractivity contribution in [1.82, 2.24) is 9.55 Å². The van der Waals surface area contributed by atoms with E-state index in [1.165, 1.54) is 11.1 Å². The molecule has 1 unspecified atom stereocenters. The third-order valence-electron chi connectivity index (χ3n) is 3.19. The lowest BCUT2D eigenvalue weighted by atomic mass is 9.91. The Labute approximate surface area is 102 Å². The first-order valence-corrected chi connectivity index (χ1v) is 5.97. The molecule has 3 nitrogen and oxygen atoms in total. The summed E-state index contributed by atoms with van der Waals surface area (Å²) in [6.07, 6.45) is 4.75. The molecule has 2 aromatic rings. The normalized spacial score (nSPS) is 12.6. The first kappa shape index (κ1) is 11.9. The highest BCUT2D eigenvalue weighted by atomic mass is 15.0. The van der Waals surface area contributed by atoms with Crippen LogP contribution in [0.4, 0.5) is 0 Å². The van der Waals surface area contributed by atoms with Crippen LogP contribution in [-0.4, -0.2) is 16.1 Å². The number of imidazole rings is 1. The zero-order valence-corrected chi connectivity index (χ0v) is 10.4. The van der Waals surface area contributed by atoms with Gasteiger partial charge in [0.25, 0.3) is 0 Å². The number of hydrogen-bond acceptors (Lipinski definition) is 2. The van der Waals surface area contributed by atoms with Crippen LogP contribution >= 0.6 is 0 Å².